The quantitative estimate of drug-likeness (QED) is 0.594. The molecule has 3 heterocycles. The number of halogens is 1. The van der Waals surface area contributed by atoms with Gasteiger partial charge in [0.1, 0.15) is 21.6 Å². The van der Waals surface area contributed by atoms with Crippen LogP contribution in [0.2, 0.25) is 5.15 Å². The SMILES string of the molecule is Cc1cc(NC(=O)CN(Cc2ccco2)S(=O)(=O)c2ccc(Cl)nc2)no1. The highest BCUT2D eigenvalue weighted by Crippen LogP contribution is 2.19. The van der Waals surface area contributed by atoms with Crippen molar-refractivity contribution in [3.05, 3.63) is 59.5 Å². The summed E-state index contributed by atoms with van der Waals surface area (Å²) in [6.45, 7) is 1.07. The van der Waals surface area contributed by atoms with Gasteiger partial charge in [0, 0.05) is 12.3 Å². The van der Waals surface area contributed by atoms with Crippen molar-refractivity contribution in [1.82, 2.24) is 14.4 Å². The second-order valence-corrected chi connectivity index (χ2v) is 7.87. The molecule has 142 valence electrons. The molecule has 3 aromatic rings. The highest BCUT2D eigenvalue weighted by atomic mass is 35.5. The zero-order chi connectivity index (χ0) is 19.4. The van der Waals surface area contributed by atoms with Crippen molar-refractivity contribution in [3.8, 4) is 0 Å². The summed E-state index contributed by atoms with van der Waals surface area (Å²) in [4.78, 5) is 16.0. The number of carbonyl (C=O) groups is 1. The number of sulfonamides is 1. The number of pyridine rings is 1. The lowest BCUT2D eigenvalue weighted by molar-refractivity contribution is -0.116. The number of hydrogen-bond acceptors (Lipinski definition) is 7. The average molecular weight is 411 g/mol. The first-order chi connectivity index (χ1) is 12.8. The lowest BCUT2D eigenvalue weighted by Gasteiger charge is -2.20. The molecule has 11 heteroatoms. The van der Waals surface area contributed by atoms with Gasteiger partial charge in [0.15, 0.2) is 5.82 Å². The van der Waals surface area contributed by atoms with E-state index >= 15 is 0 Å². The summed E-state index contributed by atoms with van der Waals surface area (Å²) in [5, 5.41) is 6.30. The van der Waals surface area contributed by atoms with Crippen LogP contribution in [0.4, 0.5) is 5.82 Å². The molecule has 0 aromatic carbocycles. The molecule has 1 amide bonds. The van der Waals surface area contributed by atoms with Crippen LogP contribution in [0.3, 0.4) is 0 Å². The van der Waals surface area contributed by atoms with Crippen LogP contribution >= 0.6 is 11.6 Å². The fourth-order valence-electron chi connectivity index (χ4n) is 2.23. The molecule has 0 aliphatic heterocycles. The molecule has 3 rings (SSSR count). The fourth-order valence-corrected chi connectivity index (χ4v) is 3.65. The fraction of sp³-hybridized carbons (Fsp3) is 0.188. The maximum absolute atomic E-state index is 12.9. The number of nitrogens with one attached hydrogen (secondary N) is 1. The van der Waals surface area contributed by atoms with E-state index in [0.29, 0.717) is 11.5 Å². The Kier molecular flexibility index (Phi) is 5.59. The molecule has 27 heavy (non-hydrogen) atoms. The standard InChI is InChI=1S/C16H15ClN4O5S/c1-11-7-15(20-26-11)19-16(22)10-21(9-12-3-2-6-25-12)27(23,24)13-4-5-14(17)18-8-13/h2-8H,9-10H2,1H3,(H,19,20,22). The second-order valence-electron chi connectivity index (χ2n) is 5.54. The van der Waals surface area contributed by atoms with Crippen molar-refractivity contribution >= 4 is 33.3 Å². The summed E-state index contributed by atoms with van der Waals surface area (Å²) in [6.07, 6.45) is 2.55. The molecule has 9 nitrogen and oxygen atoms in total. The average Bonchev–Trinajstić information content (AvgIpc) is 3.26. The normalized spacial score (nSPS) is 11.7. The first-order valence-electron chi connectivity index (χ1n) is 7.72. The molecule has 0 atom stereocenters. The number of amides is 1. The minimum atomic E-state index is -4.03. The van der Waals surface area contributed by atoms with Gasteiger partial charge in [-0.2, -0.15) is 4.31 Å². The number of aromatic nitrogens is 2. The van der Waals surface area contributed by atoms with Crippen molar-refractivity contribution in [2.45, 2.75) is 18.4 Å². The van der Waals surface area contributed by atoms with Gasteiger partial charge in [-0.3, -0.25) is 4.79 Å². The largest absolute Gasteiger partial charge is 0.468 e. The van der Waals surface area contributed by atoms with E-state index in [1.165, 1.54) is 24.5 Å². The Hall–Kier alpha value is -2.69. The summed E-state index contributed by atoms with van der Waals surface area (Å²) < 4.78 is 37.0. The van der Waals surface area contributed by atoms with Crippen LogP contribution in [0.5, 0.6) is 0 Å². The molecule has 0 fully saturated rings. The van der Waals surface area contributed by atoms with Crippen LogP contribution in [-0.2, 0) is 21.4 Å². The maximum Gasteiger partial charge on any atom is 0.245 e. The molecule has 0 unspecified atom stereocenters. The molecule has 0 aliphatic carbocycles. The monoisotopic (exact) mass is 410 g/mol. The predicted octanol–water partition coefficient (Wildman–Crippen LogP) is 2.45. The minimum absolute atomic E-state index is 0.0939. The van der Waals surface area contributed by atoms with Crippen molar-refractivity contribution in [2.75, 3.05) is 11.9 Å². The molecule has 1 N–H and O–H groups in total. The van der Waals surface area contributed by atoms with Crippen LogP contribution < -0.4 is 5.32 Å². The van der Waals surface area contributed by atoms with Gasteiger partial charge < -0.3 is 14.3 Å². The zero-order valence-electron chi connectivity index (χ0n) is 14.1. The van der Waals surface area contributed by atoms with Gasteiger partial charge in [-0.1, -0.05) is 16.8 Å². The minimum Gasteiger partial charge on any atom is -0.468 e. The van der Waals surface area contributed by atoms with E-state index in [4.69, 9.17) is 20.5 Å². The van der Waals surface area contributed by atoms with Crippen LogP contribution in [-0.4, -0.2) is 35.3 Å². The molecule has 3 aromatic heterocycles. The maximum atomic E-state index is 12.9. The summed E-state index contributed by atoms with van der Waals surface area (Å²) in [5.41, 5.74) is 0. The molecule has 0 saturated heterocycles. The Morgan fingerprint density at radius 2 is 2.15 bits per heavy atom. The predicted molar refractivity (Wildman–Crippen MR) is 95.4 cm³/mol. The third-order valence-electron chi connectivity index (χ3n) is 3.47. The van der Waals surface area contributed by atoms with Gasteiger partial charge in [-0.15, -0.1) is 0 Å². The van der Waals surface area contributed by atoms with Crippen LogP contribution in [0.1, 0.15) is 11.5 Å². The number of nitrogens with zero attached hydrogens (tertiary/aromatic N) is 3. The number of aryl methyl sites for hydroxylation is 1. The van der Waals surface area contributed by atoms with Crippen molar-refractivity contribution in [3.63, 3.8) is 0 Å². The number of hydrogen-bond donors (Lipinski definition) is 1. The number of furan rings is 1. The van der Waals surface area contributed by atoms with Crippen LogP contribution in [0.15, 0.2) is 56.6 Å². The number of carbonyl (C=O) groups excluding carboxylic acids is 1. The number of anilines is 1. The van der Waals surface area contributed by atoms with E-state index in [1.807, 2.05) is 0 Å². The Labute approximate surface area is 160 Å². The molecule has 0 saturated carbocycles. The summed E-state index contributed by atoms with van der Waals surface area (Å²) in [7, 11) is -4.03. The first kappa shape index (κ1) is 19.1. The van der Waals surface area contributed by atoms with Gasteiger partial charge in [-0.05, 0) is 31.2 Å². The van der Waals surface area contributed by atoms with Gasteiger partial charge in [0.05, 0.1) is 19.4 Å². The Balaban J connectivity index is 1.83. The summed E-state index contributed by atoms with van der Waals surface area (Å²) in [6, 6.07) is 7.44. The van der Waals surface area contributed by atoms with Crippen LogP contribution in [0, 0.1) is 6.92 Å². The highest BCUT2D eigenvalue weighted by Gasteiger charge is 2.28. The van der Waals surface area contributed by atoms with E-state index < -0.39 is 22.5 Å². The molecule has 0 spiro atoms. The van der Waals surface area contributed by atoms with Gasteiger partial charge in [-0.25, -0.2) is 13.4 Å². The van der Waals surface area contributed by atoms with Crippen molar-refractivity contribution < 1.29 is 22.2 Å². The molecule has 0 radical (unpaired) electrons. The Morgan fingerprint density at radius 1 is 1.33 bits per heavy atom. The molecular formula is C16H15ClN4O5S. The lowest BCUT2D eigenvalue weighted by Crippen LogP contribution is -2.37. The van der Waals surface area contributed by atoms with E-state index in [0.717, 1.165) is 10.5 Å². The van der Waals surface area contributed by atoms with E-state index in [9.17, 15) is 13.2 Å². The summed E-state index contributed by atoms with van der Waals surface area (Å²) in [5.74, 6) is 0.504. The summed E-state index contributed by atoms with van der Waals surface area (Å²) >= 11 is 5.72. The molecular weight excluding hydrogens is 396 g/mol. The molecule has 0 aliphatic rings. The van der Waals surface area contributed by atoms with Crippen LogP contribution in [0.25, 0.3) is 0 Å². The Bertz CT molecular complexity index is 1020. The topological polar surface area (TPSA) is 119 Å². The highest BCUT2D eigenvalue weighted by molar-refractivity contribution is 7.89. The Morgan fingerprint density at radius 3 is 2.74 bits per heavy atom. The first-order valence-corrected chi connectivity index (χ1v) is 9.53. The lowest BCUT2D eigenvalue weighted by atomic mass is 10.4. The van der Waals surface area contributed by atoms with Gasteiger partial charge >= 0.3 is 0 Å². The van der Waals surface area contributed by atoms with E-state index in [1.54, 1.807) is 19.1 Å². The van der Waals surface area contributed by atoms with Gasteiger partial charge in [0.25, 0.3) is 0 Å². The molecule has 0 bridgehead atoms. The van der Waals surface area contributed by atoms with Gasteiger partial charge in [0.2, 0.25) is 15.9 Å². The van der Waals surface area contributed by atoms with Crippen molar-refractivity contribution in [1.29, 1.82) is 0 Å². The third-order valence-corrected chi connectivity index (χ3v) is 5.46. The smallest absolute Gasteiger partial charge is 0.245 e. The third kappa shape index (κ3) is 4.73. The van der Waals surface area contributed by atoms with E-state index in [-0.39, 0.29) is 22.4 Å². The zero-order valence-corrected chi connectivity index (χ0v) is 15.7. The van der Waals surface area contributed by atoms with E-state index in [2.05, 4.69) is 15.5 Å². The second kappa shape index (κ2) is 7.91. The van der Waals surface area contributed by atoms with Crippen molar-refractivity contribution in [2.24, 2.45) is 0 Å². The number of rotatable bonds is 7.